The van der Waals surface area contributed by atoms with E-state index < -0.39 is 0 Å². The molecule has 2 aromatic carbocycles. The second-order valence-electron chi connectivity index (χ2n) is 5.97. The number of rotatable bonds is 7. The van der Waals surface area contributed by atoms with Crippen LogP contribution in [0.3, 0.4) is 0 Å². The summed E-state index contributed by atoms with van der Waals surface area (Å²) in [6.45, 7) is 6.15. The van der Waals surface area contributed by atoms with Crippen LogP contribution in [0.25, 0.3) is 11.4 Å². The molecule has 1 N–H and O–H groups in total. The van der Waals surface area contributed by atoms with Crippen LogP contribution in [-0.2, 0) is 11.3 Å². The predicted molar refractivity (Wildman–Crippen MR) is 116 cm³/mol. The maximum Gasteiger partial charge on any atom is 0.237 e. The summed E-state index contributed by atoms with van der Waals surface area (Å²) in [5.74, 6) is 0.551. The van der Waals surface area contributed by atoms with E-state index in [1.54, 1.807) is 42.5 Å². The molecule has 0 aliphatic rings. The van der Waals surface area contributed by atoms with Crippen molar-refractivity contribution < 1.29 is 4.79 Å². The second-order valence-corrected chi connectivity index (χ2v) is 8.15. The lowest BCUT2D eigenvalue weighted by molar-refractivity contribution is -0.115. The lowest BCUT2D eigenvalue weighted by atomic mass is 10.2. The fraction of sp³-hybridized carbons (Fsp3) is 0.150. The number of anilines is 1. The third-order valence-electron chi connectivity index (χ3n) is 3.87. The summed E-state index contributed by atoms with van der Waals surface area (Å²) in [6.07, 6.45) is 1.77. The van der Waals surface area contributed by atoms with Gasteiger partial charge in [0.05, 0.1) is 5.25 Å². The summed E-state index contributed by atoms with van der Waals surface area (Å²) in [4.78, 5) is 12.5. The Labute approximate surface area is 177 Å². The van der Waals surface area contributed by atoms with Crippen LogP contribution < -0.4 is 5.32 Å². The van der Waals surface area contributed by atoms with Gasteiger partial charge >= 0.3 is 0 Å². The number of nitrogens with zero attached hydrogens (tertiary/aromatic N) is 3. The fourth-order valence-corrected chi connectivity index (χ4v) is 3.68. The van der Waals surface area contributed by atoms with Crippen molar-refractivity contribution in [1.82, 2.24) is 14.8 Å². The van der Waals surface area contributed by atoms with Gasteiger partial charge in [0.15, 0.2) is 11.0 Å². The number of nitrogens with one attached hydrogen (secondary N) is 1. The van der Waals surface area contributed by atoms with Crippen molar-refractivity contribution in [3.63, 3.8) is 0 Å². The van der Waals surface area contributed by atoms with Gasteiger partial charge in [-0.15, -0.1) is 16.8 Å². The van der Waals surface area contributed by atoms with Gasteiger partial charge < -0.3 is 5.32 Å². The highest BCUT2D eigenvalue weighted by Crippen LogP contribution is 2.28. The highest BCUT2D eigenvalue weighted by molar-refractivity contribution is 8.00. The van der Waals surface area contributed by atoms with Crippen molar-refractivity contribution >= 4 is 46.6 Å². The summed E-state index contributed by atoms with van der Waals surface area (Å²) in [6, 6.07) is 14.4. The van der Waals surface area contributed by atoms with Gasteiger partial charge in [-0.2, -0.15) is 0 Å². The van der Waals surface area contributed by atoms with Gasteiger partial charge in [-0.3, -0.25) is 9.36 Å². The van der Waals surface area contributed by atoms with Crippen LogP contribution >= 0.6 is 35.0 Å². The van der Waals surface area contributed by atoms with Crippen molar-refractivity contribution in [2.24, 2.45) is 0 Å². The Kier molecular flexibility index (Phi) is 6.78. The van der Waals surface area contributed by atoms with Gasteiger partial charge in [0.1, 0.15) is 0 Å². The lowest BCUT2D eigenvalue weighted by Gasteiger charge is -2.13. The lowest BCUT2D eigenvalue weighted by Crippen LogP contribution is -2.23. The Bertz CT molecular complexity index is 988. The number of benzene rings is 2. The van der Waals surface area contributed by atoms with Crippen molar-refractivity contribution in [2.75, 3.05) is 5.32 Å². The number of hydrogen-bond donors (Lipinski definition) is 1. The molecule has 0 aliphatic carbocycles. The van der Waals surface area contributed by atoms with Crippen molar-refractivity contribution in [3.8, 4) is 11.4 Å². The zero-order valence-corrected chi connectivity index (χ0v) is 17.4. The molecule has 3 rings (SSSR count). The fourth-order valence-electron chi connectivity index (χ4n) is 2.50. The Morgan fingerprint density at radius 2 is 1.96 bits per heavy atom. The zero-order chi connectivity index (χ0) is 20.1. The standard InChI is InChI=1S/C20H18Cl2N4OS/c1-3-11-26-18(14-7-9-15(21)10-8-14)24-25-20(26)28-13(2)19(27)23-17-6-4-5-16(22)12-17/h3-10,12-13H,1,11H2,2H3,(H,23,27). The topological polar surface area (TPSA) is 59.8 Å². The predicted octanol–water partition coefficient (Wildman–Crippen LogP) is 5.56. The summed E-state index contributed by atoms with van der Waals surface area (Å²) in [7, 11) is 0. The number of carbonyl (C=O) groups is 1. The van der Waals surface area contributed by atoms with Crippen LogP contribution in [0, 0.1) is 0 Å². The molecule has 1 aromatic heterocycles. The molecule has 8 heteroatoms. The van der Waals surface area contributed by atoms with Gasteiger partial charge in [0.2, 0.25) is 5.91 Å². The van der Waals surface area contributed by atoms with Crippen LogP contribution in [-0.4, -0.2) is 25.9 Å². The zero-order valence-electron chi connectivity index (χ0n) is 15.1. The monoisotopic (exact) mass is 432 g/mol. The molecule has 1 heterocycles. The number of amides is 1. The molecule has 0 aliphatic heterocycles. The average Bonchev–Trinajstić information content (AvgIpc) is 3.05. The molecule has 1 amide bonds. The number of thioether (sulfide) groups is 1. The quantitative estimate of drug-likeness (QED) is 0.392. The van der Waals surface area contributed by atoms with E-state index in [0.29, 0.717) is 33.3 Å². The first-order valence-electron chi connectivity index (χ1n) is 8.51. The maximum absolute atomic E-state index is 12.5. The Balaban J connectivity index is 1.78. The van der Waals surface area contributed by atoms with Crippen LogP contribution in [0.1, 0.15) is 6.92 Å². The van der Waals surface area contributed by atoms with Gasteiger partial charge in [0, 0.05) is 27.8 Å². The average molecular weight is 433 g/mol. The Morgan fingerprint density at radius 3 is 2.64 bits per heavy atom. The van der Waals surface area contributed by atoms with E-state index in [-0.39, 0.29) is 11.2 Å². The van der Waals surface area contributed by atoms with E-state index in [4.69, 9.17) is 23.2 Å². The number of carbonyl (C=O) groups excluding carboxylic acids is 1. The van der Waals surface area contributed by atoms with Crippen molar-refractivity contribution in [3.05, 3.63) is 71.2 Å². The molecule has 1 atom stereocenters. The van der Waals surface area contributed by atoms with Gasteiger partial charge in [-0.25, -0.2) is 0 Å². The summed E-state index contributed by atoms with van der Waals surface area (Å²) >= 11 is 13.3. The minimum Gasteiger partial charge on any atom is -0.325 e. The second kappa shape index (κ2) is 9.28. The molecule has 0 fully saturated rings. The minimum absolute atomic E-state index is 0.145. The van der Waals surface area contributed by atoms with Crippen LogP contribution in [0.5, 0.6) is 0 Å². The van der Waals surface area contributed by atoms with Gasteiger partial charge in [0.25, 0.3) is 0 Å². The SMILES string of the molecule is C=CCn1c(SC(C)C(=O)Nc2cccc(Cl)c2)nnc1-c1ccc(Cl)cc1. The molecule has 0 saturated heterocycles. The molecule has 0 saturated carbocycles. The molecule has 144 valence electrons. The van der Waals surface area contributed by atoms with Crippen LogP contribution in [0.15, 0.2) is 66.3 Å². The van der Waals surface area contributed by atoms with Gasteiger partial charge in [-0.1, -0.05) is 47.1 Å². The number of allylic oxidation sites excluding steroid dienone is 1. The molecule has 5 nitrogen and oxygen atoms in total. The van der Waals surface area contributed by atoms with Crippen LogP contribution in [0.2, 0.25) is 10.0 Å². The summed E-state index contributed by atoms with van der Waals surface area (Å²) < 4.78 is 1.92. The highest BCUT2D eigenvalue weighted by atomic mass is 35.5. The normalized spacial score (nSPS) is 11.8. The highest BCUT2D eigenvalue weighted by Gasteiger charge is 2.20. The first-order valence-corrected chi connectivity index (χ1v) is 10.1. The van der Waals surface area contributed by atoms with E-state index in [1.807, 2.05) is 23.6 Å². The van der Waals surface area contributed by atoms with E-state index in [9.17, 15) is 4.79 Å². The molecule has 28 heavy (non-hydrogen) atoms. The van der Waals surface area contributed by atoms with Gasteiger partial charge in [-0.05, 0) is 49.4 Å². The van der Waals surface area contributed by atoms with Crippen LogP contribution in [0.4, 0.5) is 5.69 Å². The Hall–Kier alpha value is -2.28. The maximum atomic E-state index is 12.5. The molecule has 1 unspecified atom stereocenters. The summed E-state index contributed by atoms with van der Waals surface area (Å²) in [5, 5.41) is 12.9. The molecule has 0 bridgehead atoms. The number of hydrogen-bond acceptors (Lipinski definition) is 4. The first kappa shape index (κ1) is 20.5. The summed E-state index contributed by atoms with van der Waals surface area (Å²) in [5.41, 5.74) is 1.54. The molecule has 3 aromatic rings. The van der Waals surface area contributed by atoms with E-state index in [2.05, 4.69) is 22.1 Å². The minimum atomic E-state index is -0.384. The molecule has 0 radical (unpaired) electrons. The third kappa shape index (κ3) is 4.95. The molecule has 0 spiro atoms. The molecular weight excluding hydrogens is 415 g/mol. The Morgan fingerprint density at radius 1 is 1.21 bits per heavy atom. The van der Waals surface area contributed by atoms with E-state index >= 15 is 0 Å². The first-order chi connectivity index (χ1) is 13.5. The molecular formula is C20H18Cl2N4OS. The largest absolute Gasteiger partial charge is 0.325 e. The van der Waals surface area contributed by atoms with Crippen molar-refractivity contribution in [2.45, 2.75) is 23.9 Å². The van der Waals surface area contributed by atoms with E-state index in [1.165, 1.54) is 11.8 Å². The van der Waals surface area contributed by atoms with Crippen molar-refractivity contribution in [1.29, 1.82) is 0 Å². The number of aromatic nitrogens is 3. The third-order valence-corrected chi connectivity index (χ3v) is 5.44. The smallest absolute Gasteiger partial charge is 0.237 e. The number of halogens is 2. The van der Waals surface area contributed by atoms with E-state index in [0.717, 1.165) is 5.56 Å².